The topological polar surface area (TPSA) is 12.5 Å². The number of terminal acetylenes is 1. The van der Waals surface area contributed by atoms with Crippen LogP contribution in [0.2, 0.25) is 0 Å². The Kier molecular flexibility index (Phi) is 13.4. The van der Waals surface area contributed by atoms with Gasteiger partial charge in [0.05, 0.1) is 11.7 Å². The van der Waals surface area contributed by atoms with Crippen LogP contribution in [0.1, 0.15) is 113 Å². The second-order valence-corrected chi connectivity index (χ2v) is 10.3. The third-order valence-electron chi connectivity index (χ3n) is 6.22. The van der Waals surface area contributed by atoms with Gasteiger partial charge in [0, 0.05) is 6.42 Å². The number of ether oxygens (including phenoxy) is 1. The Bertz CT molecular complexity index is 757. The molecule has 1 rings (SSSR count). The fraction of sp³-hybridized carbons (Fsp3) is 0.613. The minimum atomic E-state index is 0.124. The van der Waals surface area contributed by atoms with Gasteiger partial charge in [-0.3, -0.25) is 0 Å². The van der Waals surface area contributed by atoms with Gasteiger partial charge in [0.25, 0.3) is 0 Å². The van der Waals surface area contributed by atoms with E-state index in [4.69, 9.17) is 11.2 Å². The van der Waals surface area contributed by atoms with Crippen LogP contribution < -0.4 is 0 Å². The Hall–Kier alpha value is -1.78. The molecule has 0 saturated carbocycles. The van der Waals surface area contributed by atoms with Crippen LogP contribution in [-0.4, -0.2) is 11.7 Å². The molecule has 1 atom stereocenters. The molecule has 178 valence electrons. The van der Waals surface area contributed by atoms with Crippen molar-refractivity contribution in [2.24, 2.45) is 0 Å². The van der Waals surface area contributed by atoms with E-state index in [9.17, 15) is 0 Å². The minimum absolute atomic E-state index is 0.124. The van der Waals surface area contributed by atoms with Gasteiger partial charge >= 0.3 is 0 Å². The first-order valence-electron chi connectivity index (χ1n) is 12.5. The highest BCUT2D eigenvalue weighted by Crippen LogP contribution is 2.38. The average molecular weight is 437 g/mol. The number of rotatable bonds is 15. The average Bonchev–Trinajstić information content (AvgIpc) is 3.34. The van der Waals surface area contributed by atoms with Crippen LogP contribution in [0.5, 0.6) is 0 Å². The molecule has 0 N–H and O–H groups in total. The maximum atomic E-state index is 5.68. The van der Waals surface area contributed by atoms with Crippen molar-refractivity contribution in [3.63, 3.8) is 0 Å². The lowest BCUT2D eigenvalue weighted by molar-refractivity contribution is 0.320. The first-order chi connectivity index (χ1) is 15.1. The van der Waals surface area contributed by atoms with Crippen LogP contribution in [0.25, 0.3) is 0 Å². The van der Waals surface area contributed by atoms with Crippen molar-refractivity contribution < 1.29 is 4.74 Å². The second kappa shape index (κ2) is 15.1. The Labute approximate surface area is 199 Å². The maximum Gasteiger partial charge on any atom is 0.0892 e. The van der Waals surface area contributed by atoms with Crippen molar-refractivity contribution in [2.45, 2.75) is 124 Å². The fourth-order valence-electron chi connectivity index (χ4n) is 3.81. The first-order valence-corrected chi connectivity index (χ1v) is 12.5. The predicted octanol–water partition coefficient (Wildman–Crippen LogP) is 9.43. The fourth-order valence-corrected chi connectivity index (χ4v) is 3.81. The Morgan fingerprint density at radius 2 is 1.28 bits per heavy atom. The number of unbranched alkanes of at least 4 members (excludes halogenated alkanes) is 1. The molecule has 1 heteroatoms. The van der Waals surface area contributed by atoms with Gasteiger partial charge in [0.2, 0.25) is 0 Å². The van der Waals surface area contributed by atoms with E-state index in [2.05, 4.69) is 84.8 Å². The standard InChI is InChI=1S/C31H48O/c1-9-14-29(23-21-25(2)3)20-13-19-27(5)16-11-10-15-26(4)17-12-18-28(6)22-24-30-31(7,8)32-30/h1,15-16,18,20-21,30H,10-14,17,19,22-24H2,2-8H3. The van der Waals surface area contributed by atoms with Gasteiger partial charge in [-0.05, 0) is 106 Å². The highest BCUT2D eigenvalue weighted by Gasteiger charge is 2.46. The minimum Gasteiger partial charge on any atom is -0.367 e. The summed E-state index contributed by atoms with van der Waals surface area (Å²) in [7, 11) is 0. The highest BCUT2D eigenvalue weighted by molar-refractivity contribution is 5.16. The molecule has 1 aliphatic heterocycles. The molecule has 1 nitrogen and oxygen atoms in total. The molecule has 0 aromatic carbocycles. The van der Waals surface area contributed by atoms with Gasteiger partial charge in [-0.2, -0.15) is 0 Å². The SMILES string of the molecule is C#CCC(=CCCC(C)=CCCC=C(C)CCC=C(C)CCC1OC1(C)C)CC=C(C)C. The molecule has 1 aliphatic rings. The summed E-state index contributed by atoms with van der Waals surface area (Å²) in [5.74, 6) is 2.79. The van der Waals surface area contributed by atoms with E-state index >= 15 is 0 Å². The van der Waals surface area contributed by atoms with Gasteiger partial charge < -0.3 is 4.74 Å². The van der Waals surface area contributed by atoms with E-state index < -0.39 is 0 Å². The Balaban J connectivity index is 2.25. The van der Waals surface area contributed by atoms with Crippen LogP contribution in [0.3, 0.4) is 0 Å². The van der Waals surface area contributed by atoms with Crippen molar-refractivity contribution in [3.05, 3.63) is 58.2 Å². The summed E-state index contributed by atoms with van der Waals surface area (Å²) in [6.45, 7) is 15.4. The molecule has 0 amide bonds. The maximum absolute atomic E-state index is 5.68. The van der Waals surface area contributed by atoms with E-state index in [-0.39, 0.29) is 5.60 Å². The summed E-state index contributed by atoms with van der Waals surface area (Å²) >= 11 is 0. The molecular formula is C31H48O. The zero-order valence-corrected chi connectivity index (χ0v) is 22.0. The number of hydrogen-bond donors (Lipinski definition) is 0. The number of epoxide rings is 1. The van der Waals surface area contributed by atoms with Crippen molar-refractivity contribution in [1.29, 1.82) is 0 Å². The third kappa shape index (κ3) is 13.6. The molecule has 0 bridgehead atoms. The smallest absolute Gasteiger partial charge is 0.0892 e. The van der Waals surface area contributed by atoms with Gasteiger partial charge in [-0.25, -0.2) is 0 Å². The molecule has 1 heterocycles. The second-order valence-electron chi connectivity index (χ2n) is 10.3. The van der Waals surface area contributed by atoms with E-state index in [1.807, 2.05) is 0 Å². The molecular weight excluding hydrogens is 388 g/mol. The zero-order chi connectivity index (χ0) is 24.0. The van der Waals surface area contributed by atoms with Crippen LogP contribution >= 0.6 is 0 Å². The van der Waals surface area contributed by atoms with E-state index in [0.29, 0.717) is 6.10 Å². The van der Waals surface area contributed by atoms with Crippen LogP contribution in [0.4, 0.5) is 0 Å². The number of hydrogen-bond acceptors (Lipinski definition) is 1. The van der Waals surface area contributed by atoms with Gasteiger partial charge in [0.1, 0.15) is 0 Å². The molecule has 0 radical (unpaired) electrons. The molecule has 1 unspecified atom stereocenters. The van der Waals surface area contributed by atoms with Crippen LogP contribution in [0, 0.1) is 12.3 Å². The van der Waals surface area contributed by atoms with E-state index in [0.717, 1.165) is 57.8 Å². The van der Waals surface area contributed by atoms with Gasteiger partial charge in [0.15, 0.2) is 0 Å². The van der Waals surface area contributed by atoms with Crippen molar-refractivity contribution in [2.75, 3.05) is 0 Å². The molecule has 1 saturated heterocycles. The third-order valence-corrected chi connectivity index (χ3v) is 6.22. The summed E-state index contributed by atoms with van der Waals surface area (Å²) in [6, 6.07) is 0. The summed E-state index contributed by atoms with van der Waals surface area (Å²) in [4.78, 5) is 0. The quantitative estimate of drug-likeness (QED) is 0.108. The summed E-state index contributed by atoms with van der Waals surface area (Å²) < 4.78 is 5.68. The highest BCUT2D eigenvalue weighted by atomic mass is 16.6. The normalized spacial score (nSPS) is 19.0. The molecule has 0 spiro atoms. The molecule has 32 heavy (non-hydrogen) atoms. The molecule has 0 aromatic heterocycles. The summed E-state index contributed by atoms with van der Waals surface area (Å²) in [5, 5.41) is 0. The number of allylic oxidation sites excluding steroid dienone is 10. The van der Waals surface area contributed by atoms with Gasteiger partial charge in [-0.15, -0.1) is 12.3 Å². The Morgan fingerprint density at radius 3 is 1.78 bits per heavy atom. The zero-order valence-electron chi connectivity index (χ0n) is 22.0. The van der Waals surface area contributed by atoms with Crippen LogP contribution in [0.15, 0.2) is 58.2 Å². The lowest BCUT2D eigenvalue weighted by Crippen LogP contribution is -2.02. The molecule has 0 aliphatic carbocycles. The van der Waals surface area contributed by atoms with E-state index in [1.54, 1.807) is 0 Å². The molecule has 0 aromatic rings. The van der Waals surface area contributed by atoms with Gasteiger partial charge in [-0.1, -0.05) is 58.2 Å². The Morgan fingerprint density at radius 1 is 0.781 bits per heavy atom. The lowest BCUT2D eigenvalue weighted by Gasteiger charge is -2.03. The van der Waals surface area contributed by atoms with Crippen molar-refractivity contribution in [1.82, 2.24) is 0 Å². The molecule has 1 fully saturated rings. The predicted molar refractivity (Wildman–Crippen MR) is 143 cm³/mol. The lowest BCUT2D eigenvalue weighted by atomic mass is 10.0. The summed E-state index contributed by atoms with van der Waals surface area (Å²) in [6.07, 6.45) is 28.7. The van der Waals surface area contributed by atoms with Crippen molar-refractivity contribution in [3.8, 4) is 12.3 Å². The first kappa shape index (κ1) is 28.3. The largest absolute Gasteiger partial charge is 0.367 e. The van der Waals surface area contributed by atoms with Crippen molar-refractivity contribution >= 4 is 0 Å². The van der Waals surface area contributed by atoms with Crippen LogP contribution in [-0.2, 0) is 4.74 Å². The monoisotopic (exact) mass is 436 g/mol. The van der Waals surface area contributed by atoms with E-state index in [1.165, 1.54) is 34.3 Å². The summed E-state index contributed by atoms with van der Waals surface area (Å²) in [5.41, 5.74) is 7.34.